The van der Waals surface area contributed by atoms with Crippen molar-refractivity contribution in [1.82, 2.24) is 20.1 Å². The molecule has 0 aliphatic carbocycles. The predicted octanol–water partition coefficient (Wildman–Crippen LogP) is 2.34. The molecule has 0 bridgehead atoms. The minimum Gasteiger partial charge on any atom is -0.340 e. The first-order valence-corrected chi connectivity index (χ1v) is 7.11. The standard InChI is InChI=1S/C17H16N4O/c1-21(11-8-13-6-9-18-10-7-13)17(22)16-12-14-4-2-3-5-15(14)19-20-16/h2-7,9-10,12H,8,11H2,1H3. The van der Waals surface area contributed by atoms with Crippen molar-refractivity contribution in [3.05, 3.63) is 66.1 Å². The molecule has 0 saturated carbocycles. The SMILES string of the molecule is CN(CCc1ccncc1)C(=O)c1cc2ccccc2nn1. The third-order valence-corrected chi connectivity index (χ3v) is 3.55. The Balaban J connectivity index is 1.71. The molecular weight excluding hydrogens is 276 g/mol. The highest BCUT2D eigenvalue weighted by Crippen LogP contribution is 2.12. The fraction of sp³-hybridized carbons (Fsp3) is 0.176. The van der Waals surface area contributed by atoms with Gasteiger partial charge in [-0.15, -0.1) is 10.2 Å². The van der Waals surface area contributed by atoms with E-state index in [0.717, 1.165) is 22.9 Å². The number of carbonyl (C=O) groups excluding carboxylic acids is 1. The molecule has 0 radical (unpaired) electrons. The average molecular weight is 292 g/mol. The molecule has 110 valence electrons. The normalized spacial score (nSPS) is 10.6. The number of likely N-dealkylation sites (N-methyl/N-ethyl adjacent to an activating group) is 1. The minimum absolute atomic E-state index is 0.118. The summed E-state index contributed by atoms with van der Waals surface area (Å²) in [6.45, 7) is 0.622. The topological polar surface area (TPSA) is 59.0 Å². The maximum absolute atomic E-state index is 12.4. The van der Waals surface area contributed by atoms with Crippen LogP contribution in [-0.4, -0.2) is 39.6 Å². The zero-order valence-corrected chi connectivity index (χ0v) is 12.3. The van der Waals surface area contributed by atoms with E-state index >= 15 is 0 Å². The van der Waals surface area contributed by atoms with E-state index in [1.54, 1.807) is 30.4 Å². The summed E-state index contributed by atoms with van der Waals surface area (Å²) >= 11 is 0. The van der Waals surface area contributed by atoms with Gasteiger partial charge in [-0.1, -0.05) is 18.2 Å². The van der Waals surface area contributed by atoms with Gasteiger partial charge in [0.15, 0.2) is 5.69 Å². The molecule has 2 heterocycles. The number of benzene rings is 1. The molecule has 0 atom stereocenters. The monoisotopic (exact) mass is 292 g/mol. The van der Waals surface area contributed by atoms with E-state index in [1.807, 2.05) is 36.4 Å². The number of aromatic nitrogens is 3. The van der Waals surface area contributed by atoms with Crippen LogP contribution in [-0.2, 0) is 6.42 Å². The highest BCUT2D eigenvalue weighted by molar-refractivity contribution is 5.95. The van der Waals surface area contributed by atoms with E-state index in [9.17, 15) is 4.79 Å². The lowest BCUT2D eigenvalue weighted by Gasteiger charge is -2.16. The lowest BCUT2D eigenvalue weighted by Crippen LogP contribution is -2.29. The maximum Gasteiger partial charge on any atom is 0.274 e. The van der Waals surface area contributed by atoms with Gasteiger partial charge >= 0.3 is 0 Å². The molecule has 0 N–H and O–H groups in total. The van der Waals surface area contributed by atoms with Crippen molar-refractivity contribution in [3.63, 3.8) is 0 Å². The van der Waals surface area contributed by atoms with E-state index in [2.05, 4.69) is 15.2 Å². The largest absolute Gasteiger partial charge is 0.340 e. The van der Waals surface area contributed by atoms with Gasteiger partial charge in [0.05, 0.1) is 5.52 Å². The number of hydrogen-bond acceptors (Lipinski definition) is 4. The average Bonchev–Trinajstić information content (AvgIpc) is 2.59. The number of rotatable bonds is 4. The van der Waals surface area contributed by atoms with Gasteiger partial charge < -0.3 is 4.90 Å². The van der Waals surface area contributed by atoms with Gasteiger partial charge in [-0.3, -0.25) is 9.78 Å². The zero-order valence-electron chi connectivity index (χ0n) is 12.3. The number of nitrogens with zero attached hydrogens (tertiary/aromatic N) is 4. The summed E-state index contributed by atoms with van der Waals surface area (Å²) in [6.07, 6.45) is 4.30. The van der Waals surface area contributed by atoms with Crippen molar-refractivity contribution in [2.45, 2.75) is 6.42 Å². The van der Waals surface area contributed by atoms with Crippen molar-refractivity contribution in [2.75, 3.05) is 13.6 Å². The van der Waals surface area contributed by atoms with Crippen LogP contribution in [0.4, 0.5) is 0 Å². The molecule has 1 aromatic carbocycles. The molecule has 3 rings (SSSR count). The van der Waals surface area contributed by atoms with Crippen LogP contribution in [0.25, 0.3) is 10.9 Å². The highest BCUT2D eigenvalue weighted by Gasteiger charge is 2.14. The van der Waals surface area contributed by atoms with Crippen LogP contribution in [0.5, 0.6) is 0 Å². The van der Waals surface area contributed by atoms with Crippen LogP contribution in [0, 0.1) is 0 Å². The van der Waals surface area contributed by atoms with E-state index in [-0.39, 0.29) is 5.91 Å². The Morgan fingerprint density at radius 3 is 2.68 bits per heavy atom. The molecule has 0 spiro atoms. The molecule has 0 unspecified atom stereocenters. The second kappa shape index (κ2) is 6.30. The molecular formula is C17H16N4O. The Bertz CT molecular complexity index is 789. The fourth-order valence-corrected chi connectivity index (χ4v) is 2.23. The van der Waals surface area contributed by atoms with E-state index in [0.29, 0.717) is 12.2 Å². The van der Waals surface area contributed by atoms with Crippen molar-refractivity contribution in [1.29, 1.82) is 0 Å². The second-order valence-electron chi connectivity index (χ2n) is 5.12. The molecule has 5 heteroatoms. The summed E-state index contributed by atoms with van der Waals surface area (Å²) < 4.78 is 0. The molecule has 0 aliphatic rings. The minimum atomic E-state index is -0.118. The van der Waals surface area contributed by atoms with Crippen LogP contribution < -0.4 is 0 Å². The number of pyridine rings is 1. The summed E-state index contributed by atoms with van der Waals surface area (Å²) in [4.78, 5) is 18.1. The van der Waals surface area contributed by atoms with E-state index in [4.69, 9.17) is 0 Å². The smallest absolute Gasteiger partial charge is 0.274 e. The molecule has 1 amide bonds. The predicted molar refractivity (Wildman–Crippen MR) is 84.4 cm³/mol. The Morgan fingerprint density at radius 2 is 1.86 bits per heavy atom. The molecule has 0 saturated heterocycles. The van der Waals surface area contributed by atoms with E-state index < -0.39 is 0 Å². The van der Waals surface area contributed by atoms with Crippen LogP contribution in [0.15, 0.2) is 54.9 Å². The molecule has 2 aromatic heterocycles. The Hall–Kier alpha value is -2.82. The third-order valence-electron chi connectivity index (χ3n) is 3.55. The molecule has 3 aromatic rings. The van der Waals surface area contributed by atoms with Gasteiger partial charge in [-0.2, -0.15) is 0 Å². The summed E-state index contributed by atoms with van der Waals surface area (Å²) in [5.41, 5.74) is 2.31. The van der Waals surface area contributed by atoms with E-state index in [1.165, 1.54) is 0 Å². The van der Waals surface area contributed by atoms with Crippen molar-refractivity contribution in [2.24, 2.45) is 0 Å². The summed E-state index contributed by atoms with van der Waals surface area (Å²) in [5.74, 6) is -0.118. The third kappa shape index (κ3) is 3.09. The summed E-state index contributed by atoms with van der Waals surface area (Å²) in [6, 6.07) is 13.3. The van der Waals surface area contributed by atoms with Gasteiger partial charge in [0.1, 0.15) is 0 Å². The van der Waals surface area contributed by atoms with Gasteiger partial charge in [0.25, 0.3) is 5.91 Å². The lowest BCUT2D eigenvalue weighted by molar-refractivity contribution is 0.0790. The fourth-order valence-electron chi connectivity index (χ4n) is 2.23. The quantitative estimate of drug-likeness (QED) is 0.740. The number of carbonyl (C=O) groups is 1. The molecule has 0 aliphatic heterocycles. The summed E-state index contributed by atoms with van der Waals surface area (Å²) in [5, 5.41) is 9.05. The first kappa shape index (κ1) is 14.1. The van der Waals surface area contributed by atoms with Crippen LogP contribution in [0.1, 0.15) is 16.1 Å². The maximum atomic E-state index is 12.4. The van der Waals surface area contributed by atoms with Gasteiger partial charge in [-0.25, -0.2) is 0 Å². The Kier molecular flexibility index (Phi) is 4.05. The first-order valence-electron chi connectivity index (χ1n) is 7.11. The highest BCUT2D eigenvalue weighted by atomic mass is 16.2. The molecule has 0 fully saturated rings. The van der Waals surface area contributed by atoms with Crippen LogP contribution >= 0.6 is 0 Å². The molecule has 5 nitrogen and oxygen atoms in total. The lowest BCUT2D eigenvalue weighted by atomic mass is 10.2. The summed E-state index contributed by atoms with van der Waals surface area (Å²) in [7, 11) is 1.78. The van der Waals surface area contributed by atoms with Gasteiger partial charge in [-0.05, 0) is 36.2 Å². The van der Waals surface area contributed by atoms with Gasteiger partial charge in [0, 0.05) is 31.4 Å². The number of fused-ring (bicyclic) bond motifs is 1. The van der Waals surface area contributed by atoms with Crippen LogP contribution in [0.2, 0.25) is 0 Å². The van der Waals surface area contributed by atoms with Crippen LogP contribution in [0.3, 0.4) is 0 Å². The van der Waals surface area contributed by atoms with Crippen molar-refractivity contribution in [3.8, 4) is 0 Å². The Labute approximate surface area is 128 Å². The van der Waals surface area contributed by atoms with Gasteiger partial charge in [0.2, 0.25) is 0 Å². The first-order chi connectivity index (χ1) is 10.7. The van der Waals surface area contributed by atoms with Crippen molar-refractivity contribution < 1.29 is 4.79 Å². The number of hydrogen-bond donors (Lipinski definition) is 0. The van der Waals surface area contributed by atoms with Crippen molar-refractivity contribution >= 4 is 16.8 Å². The zero-order chi connectivity index (χ0) is 15.4. The second-order valence-corrected chi connectivity index (χ2v) is 5.12. The number of amides is 1. The molecule has 22 heavy (non-hydrogen) atoms. The Morgan fingerprint density at radius 1 is 1.09 bits per heavy atom.